The predicted molar refractivity (Wildman–Crippen MR) is 88.9 cm³/mol. The SMILES string of the molecule is Cc1ccc(C(C)NC2CC(NC(=O)OC(C)(C)C)C2)cc1F. The molecule has 1 aliphatic rings. The Morgan fingerprint density at radius 3 is 2.52 bits per heavy atom. The lowest BCUT2D eigenvalue weighted by atomic mass is 9.86. The number of carbonyl (C=O) groups excluding carboxylic acids is 1. The molecular formula is C18H27FN2O2. The summed E-state index contributed by atoms with van der Waals surface area (Å²) in [5.41, 5.74) is 1.12. The maximum Gasteiger partial charge on any atom is 0.407 e. The van der Waals surface area contributed by atoms with Gasteiger partial charge in [-0.1, -0.05) is 12.1 Å². The van der Waals surface area contributed by atoms with Gasteiger partial charge in [-0.25, -0.2) is 9.18 Å². The lowest BCUT2D eigenvalue weighted by Gasteiger charge is -2.38. The van der Waals surface area contributed by atoms with Crippen molar-refractivity contribution < 1.29 is 13.9 Å². The Morgan fingerprint density at radius 1 is 1.30 bits per heavy atom. The first-order valence-corrected chi connectivity index (χ1v) is 8.15. The number of rotatable bonds is 4. The van der Waals surface area contributed by atoms with E-state index < -0.39 is 5.60 Å². The fourth-order valence-corrected chi connectivity index (χ4v) is 2.67. The minimum Gasteiger partial charge on any atom is -0.444 e. The molecule has 4 nitrogen and oxygen atoms in total. The Balaban J connectivity index is 1.75. The van der Waals surface area contributed by atoms with Crippen LogP contribution < -0.4 is 10.6 Å². The Bertz CT molecular complexity index is 563. The fraction of sp³-hybridized carbons (Fsp3) is 0.611. The predicted octanol–water partition coefficient (Wildman–Crippen LogP) is 3.84. The molecule has 0 bridgehead atoms. The molecule has 1 unspecified atom stereocenters. The van der Waals surface area contributed by atoms with Crippen LogP contribution in [0.2, 0.25) is 0 Å². The van der Waals surface area contributed by atoms with Crippen molar-refractivity contribution in [3.63, 3.8) is 0 Å². The zero-order chi connectivity index (χ0) is 17.2. The van der Waals surface area contributed by atoms with Crippen molar-refractivity contribution in [2.24, 2.45) is 0 Å². The quantitative estimate of drug-likeness (QED) is 0.885. The van der Waals surface area contributed by atoms with Crippen molar-refractivity contribution in [3.05, 3.63) is 35.1 Å². The first kappa shape index (κ1) is 17.7. The van der Waals surface area contributed by atoms with Gasteiger partial charge in [-0.05, 0) is 64.7 Å². The number of carbonyl (C=O) groups is 1. The molecule has 23 heavy (non-hydrogen) atoms. The van der Waals surface area contributed by atoms with E-state index in [1.54, 1.807) is 19.1 Å². The molecule has 128 valence electrons. The summed E-state index contributed by atoms with van der Waals surface area (Å²) in [4.78, 5) is 11.7. The topological polar surface area (TPSA) is 50.4 Å². The lowest BCUT2D eigenvalue weighted by molar-refractivity contribution is 0.0463. The summed E-state index contributed by atoms with van der Waals surface area (Å²) in [6.07, 6.45) is 1.35. The molecule has 1 aliphatic carbocycles. The number of hydrogen-bond acceptors (Lipinski definition) is 3. The van der Waals surface area contributed by atoms with Gasteiger partial charge in [-0.2, -0.15) is 0 Å². The minimum absolute atomic E-state index is 0.0811. The van der Waals surface area contributed by atoms with Gasteiger partial charge >= 0.3 is 6.09 Å². The molecule has 0 aromatic heterocycles. The first-order valence-electron chi connectivity index (χ1n) is 8.15. The van der Waals surface area contributed by atoms with Gasteiger partial charge in [-0.15, -0.1) is 0 Å². The Labute approximate surface area is 137 Å². The molecule has 1 saturated carbocycles. The van der Waals surface area contributed by atoms with Crippen LogP contribution in [-0.2, 0) is 4.74 Å². The number of ether oxygens (including phenoxy) is 1. The van der Waals surface area contributed by atoms with E-state index >= 15 is 0 Å². The van der Waals surface area contributed by atoms with E-state index in [1.165, 1.54) is 0 Å². The number of hydrogen-bond donors (Lipinski definition) is 2. The zero-order valence-corrected chi connectivity index (χ0v) is 14.6. The van der Waals surface area contributed by atoms with Gasteiger partial charge in [0.05, 0.1) is 0 Å². The number of amides is 1. The normalized spacial score (nSPS) is 22.2. The van der Waals surface area contributed by atoms with Crippen LogP contribution in [0.1, 0.15) is 57.7 Å². The molecule has 2 N–H and O–H groups in total. The van der Waals surface area contributed by atoms with Crippen molar-refractivity contribution in [1.29, 1.82) is 0 Å². The Hall–Kier alpha value is -1.62. The number of benzene rings is 1. The first-order chi connectivity index (χ1) is 10.6. The molecule has 0 spiro atoms. The van der Waals surface area contributed by atoms with Crippen LogP contribution in [0.4, 0.5) is 9.18 Å². The molecule has 1 atom stereocenters. The summed E-state index contributed by atoms with van der Waals surface area (Å²) in [5, 5.41) is 6.34. The van der Waals surface area contributed by atoms with E-state index in [9.17, 15) is 9.18 Å². The fourth-order valence-electron chi connectivity index (χ4n) is 2.67. The third-order valence-corrected chi connectivity index (χ3v) is 4.04. The van der Waals surface area contributed by atoms with E-state index in [1.807, 2.05) is 33.8 Å². The molecule has 2 rings (SSSR count). The lowest BCUT2D eigenvalue weighted by Crippen LogP contribution is -2.53. The molecule has 5 heteroatoms. The maximum absolute atomic E-state index is 13.6. The van der Waals surface area contributed by atoms with Gasteiger partial charge in [0.25, 0.3) is 0 Å². The molecule has 0 heterocycles. The van der Waals surface area contributed by atoms with E-state index in [-0.39, 0.29) is 24.0 Å². The van der Waals surface area contributed by atoms with Gasteiger partial charge in [0, 0.05) is 18.1 Å². The van der Waals surface area contributed by atoms with Crippen molar-refractivity contribution in [3.8, 4) is 0 Å². The third-order valence-electron chi connectivity index (χ3n) is 4.04. The van der Waals surface area contributed by atoms with Crippen LogP contribution in [-0.4, -0.2) is 23.8 Å². The minimum atomic E-state index is -0.477. The van der Waals surface area contributed by atoms with Crippen LogP contribution >= 0.6 is 0 Å². The second kappa shape index (κ2) is 6.87. The smallest absolute Gasteiger partial charge is 0.407 e. The van der Waals surface area contributed by atoms with Crippen molar-refractivity contribution in [2.45, 2.75) is 71.2 Å². The van der Waals surface area contributed by atoms with Crippen molar-refractivity contribution >= 4 is 6.09 Å². The molecule has 1 fully saturated rings. The molecule has 0 aliphatic heterocycles. The Morgan fingerprint density at radius 2 is 1.96 bits per heavy atom. The van der Waals surface area contributed by atoms with E-state index in [0.717, 1.165) is 18.4 Å². The van der Waals surface area contributed by atoms with Gasteiger partial charge in [0.1, 0.15) is 11.4 Å². The summed E-state index contributed by atoms with van der Waals surface area (Å²) < 4.78 is 18.9. The summed E-state index contributed by atoms with van der Waals surface area (Å²) >= 11 is 0. The highest BCUT2D eigenvalue weighted by Gasteiger charge is 2.32. The number of nitrogens with one attached hydrogen (secondary N) is 2. The highest BCUT2D eigenvalue weighted by atomic mass is 19.1. The Kier molecular flexibility index (Phi) is 5.30. The van der Waals surface area contributed by atoms with Gasteiger partial charge in [0.15, 0.2) is 0 Å². The van der Waals surface area contributed by atoms with E-state index in [2.05, 4.69) is 10.6 Å². The molecule has 0 radical (unpaired) electrons. The van der Waals surface area contributed by atoms with Crippen molar-refractivity contribution in [1.82, 2.24) is 10.6 Å². The average Bonchev–Trinajstić information content (AvgIpc) is 2.37. The highest BCUT2D eigenvalue weighted by Crippen LogP contribution is 2.25. The molecule has 1 aromatic rings. The van der Waals surface area contributed by atoms with E-state index in [4.69, 9.17) is 4.74 Å². The van der Waals surface area contributed by atoms with Crippen molar-refractivity contribution in [2.75, 3.05) is 0 Å². The third kappa shape index (κ3) is 5.20. The van der Waals surface area contributed by atoms with E-state index in [0.29, 0.717) is 11.6 Å². The van der Waals surface area contributed by atoms with Gasteiger partial charge in [-0.3, -0.25) is 0 Å². The monoisotopic (exact) mass is 322 g/mol. The van der Waals surface area contributed by atoms with Crippen LogP contribution in [0.25, 0.3) is 0 Å². The van der Waals surface area contributed by atoms with Gasteiger partial charge < -0.3 is 15.4 Å². The van der Waals surface area contributed by atoms with Crippen LogP contribution in [0.3, 0.4) is 0 Å². The largest absolute Gasteiger partial charge is 0.444 e. The molecule has 1 aromatic carbocycles. The zero-order valence-electron chi connectivity index (χ0n) is 14.6. The standard InChI is InChI=1S/C18H27FN2O2/c1-11-6-7-13(8-16(11)19)12(2)20-14-9-15(10-14)21-17(22)23-18(3,4)5/h6-8,12,14-15,20H,9-10H2,1-5H3,(H,21,22). The summed E-state index contributed by atoms with van der Waals surface area (Å²) in [5.74, 6) is -0.172. The number of halogens is 1. The summed E-state index contributed by atoms with van der Waals surface area (Å²) in [6, 6.07) is 5.89. The number of aryl methyl sites for hydroxylation is 1. The second-order valence-electron chi connectivity index (χ2n) is 7.41. The molecular weight excluding hydrogens is 295 g/mol. The van der Waals surface area contributed by atoms with Crippen LogP contribution in [0.15, 0.2) is 18.2 Å². The molecule has 0 saturated heterocycles. The number of alkyl carbamates (subject to hydrolysis) is 1. The average molecular weight is 322 g/mol. The summed E-state index contributed by atoms with van der Waals surface area (Å²) in [7, 11) is 0. The highest BCUT2D eigenvalue weighted by molar-refractivity contribution is 5.68. The summed E-state index contributed by atoms with van der Waals surface area (Å²) in [6.45, 7) is 9.33. The maximum atomic E-state index is 13.6. The second-order valence-corrected chi connectivity index (χ2v) is 7.41. The molecule has 1 amide bonds. The van der Waals surface area contributed by atoms with Crippen LogP contribution in [0.5, 0.6) is 0 Å². The van der Waals surface area contributed by atoms with Gasteiger partial charge in [0.2, 0.25) is 0 Å². The van der Waals surface area contributed by atoms with Crippen LogP contribution in [0, 0.1) is 12.7 Å².